The van der Waals surface area contributed by atoms with Crippen LogP contribution >= 0.6 is 0 Å². The third kappa shape index (κ3) is 4.95. The molecule has 0 amide bonds. The lowest BCUT2D eigenvalue weighted by atomic mass is 9.97. The average molecular weight is 292 g/mol. The molecule has 1 aliphatic carbocycles. The minimum atomic E-state index is -0.347. The largest absolute Gasteiger partial charge is 0.301 e. The van der Waals surface area contributed by atoms with Crippen molar-refractivity contribution < 1.29 is 0 Å². The molecule has 1 saturated heterocycles. The predicted molar refractivity (Wildman–Crippen MR) is 87.2 cm³/mol. The van der Waals surface area contributed by atoms with Crippen molar-refractivity contribution in [3.8, 4) is 6.07 Å². The van der Waals surface area contributed by atoms with E-state index in [-0.39, 0.29) is 5.54 Å². The number of piperazine rings is 1. The number of hydrogen-bond acceptors (Lipinski definition) is 4. The van der Waals surface area contributed by atoms with Crippen molar-refractivity contribution in [1.82, 2.24) is 15.1 Å². The maximum atomic E-state index is 9.28. The van der Waals surface area contributed by atoms with E-state index in [9.17, 15) is 5.26 Å². The van der Waals surface area contributed by atoms with E-state index in [4.69, 9.17) is 0 Å². The Hall–Kier alpha value is -0.630. The van der Waals surface area contributed by atoms with E-state index in [0.29, 0.717) is 0 Å². The molecule has 1 unspecified atom stereocenters. The Morgan fingerprint density at radius 1 is 1.19 bits per heavy atom. The lowest BCUT2D eigenvalue weighted by molar-refractivity contribution is 0.0958. The smallest absolute Gasteiger partial charge is 0.103 e. The molecular weight excluding hydrogens is 260 g/mol. The first-order valence-electron chi connectivity index (χ1n) is 8.79. The van der Waals surface area contributed by atoms with Crippen LogP contribution in [0.1, 0.15) is 52.4 Å². The molecule has 0 bridgehead atoms. The normalized spacial score (nSPS) is 24.8. The second-order valence-electron chi connectivity index (χ2n) is 6.89. The highest BCUT2D eigenvalue weighted by Gasteiger charge is 2.26. The van der Waals surface area contributed by atoms with Crippen molar-refractivity contribution in [2.24, 2.45) is 0 Å². The van der Waals surface area contributed by atoms with Crippen molar-refractivity contribution in [1.29, 1.82) is 5.26 Å². The maximum absolute atomic E-state index is 9.28. The maximum Gasteiger partial charge on any atom is 0.103 e. The van der Waals surface area contributed by atoms with Crippen LogP contribution in [0.15, 0.2) is 0 Å². The Labute approximate surface area is 130 Å². The summed E-state index contributed by atoms with van der Waals surface area (Å²) in [7, 11) is 0. The molecule has 1 N–H and O–H groups in total. The summed E-state index contributed by atoms with van der Waals surface area (Å²) >= 11 is 0. The van der Waals surface area contributed by atoms with Gasteiger partial charge in [-0.2, -0.15) is 5.26 Å². The molecule has 0 aromatic heterocycles. The van der Waals surface area contributed by atoms with Crippen LogP contribution in [-0.4, -0.2) is 60.6 Å². The van der Waals surface area contributed by atoms with E-state index in [1.54, 1.807) is 0 Å². The molecule has 2 fully saturated rings. The molecule has 120 valence electrons. The van der Waals surface area contributed by atoms with Crippen molar-refractivity contribution >= 4 is 0 Å². The fraction of sp³-hybridized carbons (Fsp3) is 0.941. The zero-order valence-corrected chi connectivity index (χ0v) is 13.9. The first-order valence-corrected chi connectivity index (χ1v) is 8.79. The minimum absolute atomic E-state index is 0.347. The second kappa shape index (κ2) is 8.12. The van der Waals surface area contributed by atoms with E-state index in [2.05, 4.69) is 28.1 Å². The summed E-state index contributed by atoms with van der Waals surface area (Å²) in [6, 6.07) is 3.30. The zero-order chi connectivity index (χ0) is 15.1. The Morgan fingerprint density at radius 3 is 2.43 bits per heavy atom. The molecule has 0 radical (unpaired) electrons. The van der Waals surface area contributed by atoms with Crippen molar-refractivity contribution in [3.63, 3.8) is 0 Å². The first kappa shape index (κ1) is 16.7. The van der Waals surface area contributed by atoms with Gasteiger partial charge in [-0.1, -0.05) is 19.8 Å². The van der Waals surface area contributed by atoms with Gasteiger partial charge in [0.15, 0.2) is 0 Å². The molecule has 0 spiro atoms. The van der Waals surface area contributed by atoms with E-state index >= 15 is 0 Å². The van der Waals surface area contributed by atoms with Crippen LogP contribution in [0, 0.1) is 11.3 Å². The fourth-order valence-corrected chi connectivity index (χ4v) is 3.85. The van der Waals surface area contributed by atoms with Crippen LogP contribution in [0.25, 0.3) is 0 Å². The summed E-state index contributed by atoms with van der Waals surface area (Å²) in [6.07, 6.45) is 7.76. The molecule has 1 atom stereocenters. The summed E-state index contributed by atoms with van der Waals surface area (Å²) in [5, 5.41) is 12.6. The van der Waals surface area contributed by atoms with Gasteiger partial charge in [-0.25, -0.2) is 0 Å². The van der Waals surface area contributed by atoms with Gasteiger partial charge < -0.3 is 4.90 Å². The van der Waals surface area contributed by atoms with E-state index < -0.39 is 0 Å². The van der Waals surface area contributed by atoms with Crippen LogP contribution in [0.5, 0.6) is 0 Å². The van der Waals surface area contributed by atoms with Crippen LogP contribution in [0.3, 0.4) is 0 Å². The van der Waals surface area contributed by atoms with Gasteiger partial charge in [-0.15, -0.1) is 0 Å². The molecule has 0 aromatic carbocycles. The van der Waals surface area contributed by atoms with Gasteiger partial charge in [0.2, 0.25) is 0 Å². The highest BCUT2D eigenvalue weighted by molar-refractivity contribution is 5.03. The van der Waals surface area contributed by atoms with Gasteiger partial charge in [0.1, 0.15) is 5.54 Å². The quantitative estimate of drug-likeness (QED) is 0.781. The molecule has 2 rings (SSSR count). The van der Waals surface area contributed by atoms with Crippen LogP contribution in [0.2, 0.25) is 0 Å². The predicted octanol–water partition coefficient (Wildman–Crippen LogP) is 2.22. The van der Waals surface area contributed by atoms with E-state index in [1.807, 2.05) is 6.92 Å². The van der Waals surface area contributed by atoms with Crippen LogP contribution in [0.4, 0.5) is 0 Å². The highest BCUT2D eigenvalue weighted by atomic mass is 15.3. The summed E-state index contributed by atoms with van der Waals surface area (Å²) < 4.78 is 0. The first-order chi connectivity index (χ1) is 10.2. The van der Waals surface area contributed by atoms with Crippen molar-refractivity contribution in [3.05, 3.63) is 0 Å². The molecule has 1 aliphatic heterocycles. The molecule has 1 heterocycles. The van der Waals surface area contributed by atoms with E-state index in [0.717, 1.165) is 32.0 Å². The summed E-state index contributed by atoms with van der Waals surface area (Å²) in [5.74, 6) is 0. The summed E-state index contributed by atoms with van der Waals surface area (Å²) in [6.45, 7) is 11.0. The third-order valence-corrected chi connectivity index (χ3v) is 5.21. The number of rotatable bonds is 7. The molecule has 2 aliphatic rings. The lowest BCUT2D eigenvalue weighted by Gasteiger charge is -2.38. The van der Waals surface area contributed by atoms with Gasteiger partial charge in [-0.05, 0) is 45.7 Å². The van der Waals surface area contributed by atoms with Crippen molar-refractivity contribution in [2.75, 3.05) is 39.3 Å². The van der Waals surface area contributed by atoms with Gasteiger partial charge in [-0.3, -0.25) is 10.2 Å². The molecule has 4 nitrogen and oxygen atoms in total. The molecule has 4 heteroatoms. The molecule has 21 heavy (non-hydrogen) atoms. The Morgan fingerprint density at radius 2 is 1.86 bits per heavy atom. The van der Waals surface area contributed by atoms with Gasteiger partial charge >= 0.3 is 0 Å². The minimum Gasteiger partial charge on any atom is -0.301 e. The average Bonchev–Trinajstić information content (AvgIpc) is 3.02. The second-order valence-corrected chi connectivity index (χ2v) is 6.89. The Bertz CT molecular complexity index is 337. The third-order valence-electron chi connectivity index (χ3n) is 5.21. The van der Waals surface area contributed by atoms with E-state index in [1.165, 1.54) is 51.9 Å². The standard InChI is InChI=1S/C17H32N4/c1-3-19-17(2,15-18)9-6-10-20-11-13-21(14-12-20)16-7-4-5-8-16/h16,19H,3-14H2,1-2H3. The number of hydrogen-bond donors (Lipinski definition) is 1. The Balaban J connectivity index is 1.63. The number of nitriles is 1. The fourth-order valence-electron chi connectivity index (χ4n) is 3.85. The molecular formula is C17H32N4. The monoisotopic (exact) mass is 292 g/mol. The SMILES string of the molecule is CCNC(C)(C#N)CCCN1CCN(C2CCCC2)CC1. The van der Waals surface area contributed by atoms with Crippen molar-refractivity contribution in [2.45, 2.75) is 64.0 Å². The summed E-state index contributed by atoms with van der Waals surface area (Å²) in [5.41, 5.74) is -0.347. The van der Waals surface area contributed by atoms with Gasteiger partial charge in [0.05, 0.1) is 6.07 Å². The highest BCUT2D eigenvalue weighted by Crippen LogP contribution is 2.24. The van der Waals surface area contributed by atoms with Crippen LogP contribution < -0.4 is 5.32 Å². The van der Waals surface area contributed by atoms with Crippen LogP contribution in [-0.2, 0) is 0 Å². The number of nitrogens with one attached hydrogen (secondary N) is 1. The van der Waals surface area contributed by atoms with Gasteiger partial charge in [0.25, 0.3) is 0 Å². The molecule has 1 saturated carbocycles. The number of nitrogens with zero attached hydrogens (tertiary/aromatic N) is 3. The zero-order valence-electron chi connectivity index (χ0n) is 13.9. The Kier molecular flexibility index (Phi) is 6.47. The molecule has 0 aromatic rings. The van der Waals surface area contributed by atoms with Gasteiger partial charge in [0, 0.05) is 32.2 Å². The summed E-state index contributed by atoms with van der Waals surface area (Å²) in [4.78, 5) is 5.29. The lowest BCUT2D eigenvalue weighted by Crippen LogP contribution is -2.50. The topological polar surface area (TPSA) is 42.3 Å².